The molecule has 0 saturated heterocycles. The lowest BCUT2D eigenvalue weighted by Gasteiger charge is -2.10. The van der Waals surface area contributed by atoms with Crippen molar-refractivity contribution < 1.29 is 12.9 Å². The summed E-state index contributed by atoms with van der Waals surface area (Å²) in [6.07, 6.45) is 1.50. The summed E-state index contributed by atoms with van der Waals surface area (Å²) in [5.41, 5.74) is 1.60. The highest BCUT2D eigenvalue weighted by molar-refractivity contribution is 7.89. The number of nitrogens with zero attached hydrogens (tertiary/aromatic N) is 1. The van der Waals surface area contributed by atoms with Crippen molar-refractivity contribution in [2.45, 2.75) is 31.3 Å². The van der Waals surface area contributed by atoms with Crippen LogP contribution in [0.3, 0.4) is 0 Å². The lowest BCUT2D eigenvalue weighted by Crippen LogP contribution is -2.30. The van der Waals surface area contributed by atoms with Gasteiger partial charge in [0.25, 0.3) is 0 Å². The second kappa shape index (κ2) is 6.06. The zero-order valence-electron chi connectivity index (χ0n) is 11.3. The minimum Gasteiger partial charge on any atom is -0.379 e. The molecule has 0 atom stereocenters. The molecule has 0 spiro atoms. The lowest BCUT2D eigenvalue weighted by atomic mass is 10.3. The summed E-state index contributed by atoms with van der Waals surface area (Å²) >= 11 is 0. The van der Waals surface area contributed by atoms with Crippen molar-refractivity contribution in [1.29, 1.82) is 0 Å². The Kier molecular flexibility index (Phi) is 4.41. The summed E-state index contributed by atoms with van der Waals surface area (Å²) in [7, 11) is -3.44. The third-order valence-corrected chi connectivity index (χ3v) is 4.19. The molecule has 1 aromatic carbocycles. The molecule has 0 aliphatic heterocycles. The van der Waals surface area contributed by atoms with Gasteiger partial charge in [0.2, 0.25) is 10.0 Å². The van der Waals surface area contributed by atoms with Gasteiger partial charge in [0.05, 0.1) is 11.4 Å². The quantitative estimate of drug-likeness (QED) is 0.851. The normalized spacial score (nSPS) is 11.8. The Labute approximate surface area is 118 Å². The van der Waals surface area contributed by atoms with E-state index < -0.39 is 10.0 Å². The third kappa shape index (κ3) is 3.82. The van der Waals surface area contributed by atoms with Crippen LogP contribution >= 0.6 is 0 Å². The first-order valence-corrected chi connectivity index (χ1v) is 7.71. The highest BCUT2D eigenvalue weighted by Crippen LogP contribution is 2.15. The van der Waals surface area contributed by atoms with Gasteiger partial charge in [-0.25, -0.2) is 13.1 Å². The zero-order chi connectivity index (χ0) is 14.6. The predicted molar refractivity (Wildman–Crippen MR) is 75.7 cm³/mol. The van der Waals surface area contributed by atoms with Gasteiger partial charge in [-0.05, 0) is 38.1 Å². The van der Waals surface area contributed by atoms with E-state index >= 15 is 0 Å². The first kappa shape index (κ1) is 14.5. The molecule has 0 saturated carbocycles. The van der Waals surface area contributed by atoms with E-state index in [1.54, 1.807) is 44.2 Å². The van der Waals surface area contributed by atoms with Gasteiger partial charge in [-0.3, -0.25) is 0 Å². The van der Waals surface area contributed by atoms with E-state index in [-0.39, 0.29) is 10.9 Å². The number of hydrogen-bond acceptors (Lipinski definition) is 5. The predicted octanol–water partition coefficient (Wildman–Crippen LogP) is 1.97. The van der Waals surface area contributed by atoms with E-state index in [1.807, 2.05) is 0 Å². The summed E-state index contributed by atoms with van der Waals surface area (Å²) in [4.78, 5) is 0.248. The van der Waals surface area contributed by atoms with Gasteiger partial charge >= 0.3 is 0 Å². The number of aromatic nitrogens is 1. The Balaban J connectivity index is 2.02. The van der Waals surface area contributed by atoms with E-state index in [9.17, 15) is 8.42 Å². The summed E-state index contributed by atoms with van der Waals surface area (Å²) < 4.78 is 31.2. The first-order valence-electron chi connectivity index (χ1n) is 6.23. The van der Waals surface area contributed by atoms with E-state index in [0.29, 0.717) is 6.54 Å². The number of sulfonamides is 1. The van der Waals surface area contributed by atoms with Crippen molar-refractivity contribution in [3.8, 4) is 0 Å². The smallest absolute Gasteiger partial charge is 0.240 e. The molecule has 0 aliphatic rings. The second-order valence-electron chi connectivity index (χ2n) is 4.64. The van der Waals surface area contributed by atoms with Gasteiger partial charge in [0.1, 0.15) is 12.0 Å². The molecule has 0 amide bonds. The van der Waals surface area contributed by atoms with Crippen LogP contribution in [-0.4, -0.2) is 19.6 Å². The van der Waals surface area contributed by atoms with Crippen LogP contribution in [0.2, 0.25) is 0 Å². The molecule has 0 bridgehead atoms. The molecule has 0 radical (unpaired) electrons. The van der Waals surface area contributed by atoms with Gasteiger partial charge in [-0.2, -0.15) is 0 Å². The monoisotopic (exact) mass is 295 g/mol. The zero-order valence-corrected chi connectivity index (χ0v) is 12.1. The molecule has 0 unspecified atom stereocenters. The van der Waals surface area contributed by atoms with E-state index in [1.165, 1.54) is 6.26 Å². The molecule has 0 aliphatic carbocycles. The molecule has 108 valence electrons. The summed E-state index contributed by atoms with van der Waals surface area (Å²) in [6.45, 7) is 4.09. The minimum atomic E-state index is -3.44. The fourth-order valence-corrected chi connectivity index (χ4v) is 2.90. The molecule has 6 nitrogen and oxygen atoms in total. The molecular formula is C13H17N3O3S. The van der Waals surface area contributed by atoms with Crippen LogP contribution in [0.15, 0.2) is 46.0 Å². The molecule has 1 heterocycles. The lowest BCUT2D eigenvalue weighted by molar-refractivity contribution is 0.412. The fraction of sp³-hybridized carbons (Fsp3) is 0.308. The number of hydrogen-bond donors (Lipinski definition) is 2. The van der Waals surface area contributed by atoms with E-state index in [0.717, 1.165) is 11.4 Å². The van der Waals surface area contributed by atoms with Crippen LogP contribution in [0, 0.1) is 0 Å². The molecule has 2 aromatic rings. The average molecular weight is 295 g/mol. The number of rotatable bonds is 6. The van der Waals surface area contributed by atoms with Crippen molar-refractivity contribution in [2.75, 3.05) is 5.32 Å². The highest BCUT2D eigenvalue weighted by atomic mass is 32.2. The Morgan fingerprint density at radius 1 is 1.20 bits per heavy atom. The Morgan fingerprint density at radius 2 is 1.90 bits per heavy atom. The van der Waals surface area contributed by atoms with Gasteiger partial charge < -0.3 is 9.84 Å². The maximum atomic E-state index is 11.9. The largest absolute Gasteiger partial charge is 0.379 e. The van der Waals surface area contributed by atoms with Crippen LogP contribution in [0.4, 0.5) is 5.69 Å². The summed E-state index contributed by atoms with van der Waals surface area (Å²) in [5, 5.41) is 6.91. The summed E-state index contributed by atoms with van der Waals surface area (Å²) in [6, 6.07) is 8.19. The fourth-order valence-electron chi connectivity index (χ4n) is 1.65. The molecule has 7 heteroatoms. The summed E-state index contributed by atoms with van der Waals surface area (Å²) in [5.74, 6) is 0. The Morgan fingerprint density at radius 3 is 2.45 bits per heavy atom. The number of nitrogens with one attached hydrogen (secondary N) is 2. The SMILES string of the molecule is CC(C)NS(=O)(=O)c1ccc(NCc2ccon2)cc1. The maximum absolute atomic E-state index is 11.9. The van der Waals surface area contributed by atoms with Crippen molar-refractivity contribution in [1.82, 2.24) is 9.88 Å². The van der Waals surface area contributed by atoms with Crippen LogP contribution in [0.1, 0.15) is 19.5 Å². The molecule has 2 N–H and O–H groups in total. The van der Waals surface area contributed by atoms with E-state index in [2.05, 4.69) is 15.2 Å². The van der Waals surface area contributed by atoms with Gasteiger partial charge in [-0.15, -0.1) is 0 Å². The van der Waals surface area contributed by atoms with Gasteiger partial charge in [0.15, 0.2) is 0 Å². The maximum Gasteiger partial charge on any atom is 0.240 e. The molecular weight excluding hydrogens is 278 g/mol. The Hall–Kier alpha value is -1.86. The first-order chi connectivity index (χ1) is 9.47. The average Bonchev–Trinajstić information content (AvgIpc) is 2.88. The Bertz CT molecular complexity index is 634. The minimum absolute atomic E-state index is 0.134. The topological polar surface area (TPSA) is 84.2 Å². The third-order valence-electron chi connectivity index (χ3n) is 2.52. The van der Waals surface area contributed by atoms with Gasteiger partial charge in [0, 0.05) is 17.8 Å². The van der Waals surface area contributed by atoms with Crippen LogP contribution < -0.4 is 10.0 Å². The highest BCUT2D eigenvalue weighted by Gasteiger charge is 2.14. The van der Waals surface area contributed by atoms with Crippen LogP contribution in [0.5, 0.6) is 0 Å². The second-order valence-corrected chi connectivity index (χ2v) is 6.36. The molecule has 1 aromatic heterocycles. The standard InChI is InChI=1S/C13H17N3O3S/c1-10(2)16-20(17,18)13-5-3-11(4-6-13)14-9-12-7-8-19-15-12/h3-8,10,14,16H,9H2,1-2H3. The van der Waals surface area contributed by atoms with Crippen molar-refractivity contribution in [2.24, 2.45) is 0 Å². The molecule has 0 fully saturated rings. The van der Waals surface area contributed by atoms with Crippen molar-refractivity contribution >= 4 is 15.7 Å². The van der Waals surface area contributed by atoms with E-state index in [4.69, 9.17) is 4.52 Å². The van der Waals surface area contributed by atoms with Crippen LogP contribution in [0.25, 0.3) is 0 Å². The molecule has 20 heavy (non-hydrogen) atoms. The number of benzene rings is 1. The molecule has 2 rings (SSSR count). The van der Waals surface area contributed by atoms with Crippen molar-refractivity contribution in [3.05, 3.63) is 42.3 Å². The van der Waals surface area contributed by atoms with Crippen molar-refractivity contribution in [3.63, 3.8) is 0 Å². The number of anilines is 1. The van der Waals surface area contributed by atoms with Gasteiger partial charge in [-0.1, -0.05) is 5.16 Å². The van der Waals surface area contributed by atoms with Crippen LogP contribution in [-0.2, 0) is 16.6 Å².